The third kappa shape index (κ3) is 3.48. The van der Waals surface area contributed by atoms with Gasteiger partial charge in [0.1, 0.15) is 0 Å². The highest BCUT2D eigenvalue weighted by atomic mass is 16.2. The monoisotopic (exact) mass is 226 g/mol. The summed E-state index contributed by atoms with van der Waals surface area (Å²) in [4.78, 5) is 14.2. The van der Waals surface area contributed by atoms with Crippen LogP contribution in [0, 0.1) is 5.92 Å². The van der Waals surface area contributed by atoms with E-state index in [2.05, 4.69) is 26.1 Å². The first-order chi connectivity index (χ1) is 7.56. The van der Waals surface area contributed by atoms with Crippen molar-refractivity contribution in [3.05, 3.63) is 0 Å². The summed E-state index contributed by atoms with van der Waals surface area (Å²) in [5, 5.41) is 3.46. The molecule has 94 valence electrons. The van der Waals surface area contributed by atoms with Crippen LogP contribution in [0.25, 0.3) is 0 Å². The van der Waals surface area contributed by atoms with E-state index in [1.165, 1.54) is 12.8 Å². The van der Waals surface area contributed by atoms with E-state index in [-0.39, 0.29) is 5.92 Å². The second-order valence-corrected chi connectivity index (χ2v) is 5.19. The number of rotatable bonds is 5. The van der Waals surface area contributed by atoms with Gasteiger partial charge in [-0.05, 0) is 39.7 Å². The van der Waals surface area contributed by atoms with Crippen LogP contribution in [0.15, 0.2) is 0 Å². The van der Waals surface area contributed by atoms with Gasteiger partial charge in [0.05, 0.1) is 0 Å². The third-order valence-corrected chi connectivity index (χ3v) is 3.52. The van der Waals surface area contributed by atoms with Crippen LogP contribution >= 0.6 is 0 Å². The molecule has 1 rings (SSSR count). The van der Waals surface area contributed by atoms with Crippen molar-refractivity contribution in [3.63, 3.8) is 0 Å². The summed E-state index contributed by atoms with van der Waals surface area (Å²) in [6, 6.07) is 0.819. The molecule has 1 fully saturated rings. The zero-order valence-electron chi connectivity index (χ0n) is 11.1. The van der Waals surface area contributed by atoms with Gasteiger partial charge in [0.2, 0.25) is 5.91 Å². The number of hydrogen-bond donors (Lipinski definition) is 1. The van der Waals surface area contributed by atoms with Gasteiger partial charge >= 0.3 is 0 Å². The molecule has 1 amide bonds. The maximum atomic E-state index is 12.2. The molecule has 0 aliphatic carbocycles. The highest BCUT2D eigenvalue weighted by Crippen LogP contribution is 2.14. The van der Waals surface area contributed by atoms with Gasteiger partial charge in [-0.3, -0.25) is 4.79 Å². The van der Waals surface area contributed by atoms with Crippen molar-refractivity contribution in [3.8, 4) is 0 Å². The molecule has 1 saturated heterocycles. The molecular weight excluding hydrogens is 200 g/mol. The lowest BCUT2D eigenvalue weighted by atomic mass is 10.1. The molecule has 0 saturated carbocycles. The third-order valence-electron chi connectivity index (χ3n) is 3.52. The second-order valence-electron chi connectivity index (χ2n) is 5.19. The van der Waals surface area contributed by atoms with Crippen molar-refractivity contribution >= 4 is 5.91 Å². The number of nitrogens with zero attached hydrogens (tertiary/aromatic N) is 1. The maximum absolute atomic E-state index is 12.2. The molecule has 3 heteroatoms. The minimum absolute atomic E-state index is 0.156. The molecular formula is C13H26N2O. The number of nitrogens with one attached hydrogen (secondary N) is 1. The molecule has 1 N–H and O–H groups in total. The summed E-state index contributed by atoms with van der Waals surface area (Å²) in [6.07, 6.45) is 3.38. The molecule has 0 aromatic heterocycles. The Morgan fingerprint density at radius 1 is 1.44 bits per heavy atom. The van der Waals surface area contributed by atoms with Crippen molar-refractivity contribution in [2.75, 3.05) is 13.1 Å². The van der Waals surface area contributed by atoms with Crippen LogP contribution in [0.2, 0.25) is 0 Å². The van der Waals surface area contributed by atoms with Gasteiger partial charge in [-0.25, -0.2) is 0 Å². The van der Waals surface area contributed by atoms with E-state index in [4.69, 9.17) is 0 Å². The Morgan fingerprint density at radius 3 is 2.56 bits per heavy atom. The largest absolute Gasteiger partial charge is 0.338 e. The summed E-state index contributed by atoms with van der Waals surface area (Å²) in [5.41, 5.74) is 0. The molecule has 0 aromatic carbocycles. The fourth-order valence-corrected chi connectivity index (χ4v) is 2.16. The summed E-state index contributed by atoms with van der Waals surface area (Å²) >= 11 is 0. The molecule has 1 aliphatic heterocycles. The maximum Gasteiger partial charge on any atom is 0.225 e. The molecule has 1 heterocycles. The van der Waals surface area contributed by atoms with E-state index in [9.17, 15) is 4.79 Å². The quantitative estimate of drug-likeness (QED) is 0.778. The predicted octanol–water partition coefficient (Wildman–Crippen LogP) is 2.02. The molecule has 0 bridgehead atoms. The minimum Gasteiger partial charge on any atom is -0.338 e. The zero-order valence-corrected chi connectivity index (χ0v) is 11.1. The molecule has 2 unspecified atom stereocenters. The van der Waals surface area contributed by atoms with Gasteiger partial charge in [0.15, 0.2) is 0 Å². The summed E-state index contributed by atoms with van der Waals surface area (Å²) in [6.45, 7) is 10.3. The Morgan fingerprint density at radius 2 is 2.12 bits per heavy atom. The molecule has 2 atom stereocenters. The van der Waals surface area contributed by atoms with Crippen molar-refractivity contribution < 1.29 is 4.79 Å². The van der Waals surface area contributed by atoms with E-state index in [0.29, 0.717) is 18.0 Å². The van der Waals surface area contributed by atoms with Crippen LogP contribution < -0.4 is 5.32 Å². The summed E-state index contributed by atoms with van der Waals surface area (Å²) in [7, 11) is 0. The standard InChI is InChI=1S/C13H26N2O/c1-5-11(4)13(16)15(10(2)3)9-12-7-6-8-14-12/h10-12,14H,5-9H2,1-4H3. The van der Waals surface area contributed by atoms with Crippen LogP contribution in [0.3, 0.4) is 0 Å². The predicted molar refractivity (Wildman–Crippen MR) is 67.3 cm³/mol. The van der Waals surface area contributed by atoms with Crippen LogP contribution in [0.4, 0.5) is 0 Å². The Labute approximate surface area is 99.6 Å². The lowest BCUT2D eigenvalue weighted by molar-refractivity contribution is -0.137. The Bertz CT molecular complexity index is 222. The smallest absolute Gasteiger partial charge is 0.225 e. The Kier molecular flexibility index (Phi) is 5.26. The molecule has 0 aromatic rings. The second kappa shape index (κ2) is 6.24. The number of carbonyl (C=O) groups is 1. The summed E-state index contributed by atoms with van der Waals surface area (Å²) in [5.74, 6) is 0.468. The van der Waals surface area contributed by atoms with E-state index in [0.717, 1.165) is 19.5 Å². The topological polar surface area (TPSA) is 32.3 Å². The minimum atomic E-state index is 0.156. The highest BCUT2D eigenvalue weighted by Gasteiger charge is 2.25. The lowest BCUT2D eigenvalue weighted by Crippen LogP contribution is -2.46. The van der Waals surface area contributed by atoms with Gasteiger partial charge in [0, 0.05) is 24.5 Å². The van der Waals surface area contributed by atoms with E-state index in [1.807, 2.05) is 11.8 Å². The number of amides is 1. The fourth-order valence-electron chi connectivity index (χ4n) is 2.16. The first-order valence-corrected chi connectivity index (χ1v) is 6.60. The fraction of sp³-hybridized carbons (Fsp3) is 0.923. The van der Waals surface area contributed by atoms with Crippen LogP contribution in [0.5, 0.6) is 0 Å². The van der Waals surface area contributed by atoms with Crippen molar-refractivity contribution in [2.45, 2.75) is 59.0 Å². The molecule has 1 aliphatic rings. The van der Waals surface area contributed by atoms with Gasteiger partial charge in [-0.1, -0.05) is 13.8 Å². The number of hydrogen-bond acceptors (Lipinski definition) is 2. The van der Waals surface area contributed by atoms with Crippen molar-refractivity contribution in [2.24, 2.45) is 5.92 Å². The van der Waals surface area contributed by atoms with Gasteiger partial charge in [-0.15, -0.1) is 0 Å². The first kappa shape index (κ1) is 13.5. The van der Waals surface area contributed by atoms with Gasteiger partial charge in [0.25, 0.3) is 0 Å². The van der Waals surface area contributed by atoms with Gasteiger partial charge in [-0.2, -0.15) is 0 Å². The highest BCUT2D eigenvalue weighted by molar-refractivity contribution is 5.78. The normalized spacial score (nSPS) is 22.4. The van der Waals surface area contributed by atoms with Crippen LogP contribution in [-0.2, 0) is 4.79 Å². The Hall–Kier alpha value is -0.570. The molecule has 3 nitrogen and oxygen atoms in total. The molecule has 0 radical (unpaired) electrons. The van der Waals surface area contributed by atoms with Crippen LogP contribution in [0.1, 0.15) is 47.0 Å². The number of carbonyl (C=O) groups excluding carboxylic acids is 1. The van der Waals surface area contributed by atoms with Gasteiger partial charge < -0.3 is 10.2 Å². The van der Waals surface area contributed by atoms with E-state index < -0.39 is 0 Å². The SMILES string of the molecule is CCC(C)C(=O)N(CC1CCCN1)C(C)C. The molecule has 0 spiro atoms. The molecule has 16 heavy (non-hydrogen) atoms. The van der Waals surface area contributed by atoms with E-state index >= 15 is 0 Å². The Balaban J connectivity index is 2.55. The van der Waals surface area contributed by atoms with Crippen molar-refractivity contribution in [1.29, 1.82) is 0 Å². The van der Waals surface area contributed by atoms with Crippen molar-refractivity contribution in [1.82, 2.24) is 10.2 Å². The first-order valence-electron chi connectivity index (χ1n) is 6.60. The lowest BCUT2D eigenvalue weighted by Gasteiger charge is -2.31. The summed E-state index contributed by atoms with van der Waals surface area (Å²) < 4.78 is 0. The zero-order chi connectivity index (χ0) is 12.1. The van der Waals surface area contributed by atoms with E-state index in [1.54, 1.807) is 0 Å². The van der Waals surface area contributed by atoms with Crippen LogP contribution in [-0.4, -0.2) is 36.0 Å². The average Bonchev–Trinajstić information content (AvgIpc) is 2.76. The average molecular weight is 226 g/mol.